The third-order valence-electron chi connectivity index (χ3n) is 7.76. The van der Waals surface area contributed by atoms with Crippen molar-refractivity contribution < 1.29 is 61.9 Å². The molecular weight excluding hydrogens is 656 g/mol. The molecule has 1 saturated heterocycles. The zero-order valence-corrected chi connectivity index (χ0v) is 28.1. The first-order valence-corrected chi connectivity index (χ1v) is 15.8. The summed E-state index contributed by atoms with van der Waals surface area (Å²) in [5.74, 6) is -4.00. The third kappa shape index (κ3) is 9.66. The fourth-order valence-corrected chi connectivity index (χ4v) is 5.82. The maximum Gasteiger partial charge on any atom is 0.407 e. The Kier molecular flexibility index (Phi) is 13.1. The van der Waals surface area contributed by atoms with E-state index in [-0.39, 0.29) is 19.1 Å². The highest BCUT2D eigenvalue weighted by atomic mass is 16.7. The number of carbonyl (C=O) groups excluding carboxylic acids is 6. The minimum atomic E-state index is -1.49. The van der Waals surface area contributed by atoms with Crippen LogP contribution in [-0.4, -0.2) is 99.0 Å². The van der Waals surface area contributed by atoms with E-state index in [4.69, 9.17) is 33.2 Å². The molecular formula is C35H40N2O13. The number of hydrogen-bond acceptors (Lipinski definition) is 13. The van der Waals surface area contributed by atoms with E-state index >= 15 is 0 Å². The molecule has 0 radical (unpaired) electrons. The number of fused-ring (bicyclic) bond motifs is 3. The van der Waals surface area contributed by atoms with Gasteiger partial charge in [0, 0.05) is 33.6 Å². The Labute approximate surface area is 288 Å². The number of alkyl carbamates (subject to hydrolysis) is 1. The number of carbonyl (C=O) groups is 6. The molecule has 0 aromatic heterocycles. The van der Waals surface area contributed by atoms with Crippen molar-refractivity contribution in [3.8, 4) is 11.1 Å². The van der Waals surface area contributed by atoms with Gasteiger partial charge in [-0.05, 0) is 22.3 Å². The van der Waals surface area contributed by atoms with Crippen molar-refractivity contribution >= 4 is 35.9 Å². The van der Waals surface area contributed by atoms with Crippen LogP contribution in [-0.2, 0) is 57.1 Å². The zero-order chi connectivity index (χ0) is 36.4. The standard InChI is InChI=1S/C35H40N2O13/c1-6-15-44-33(42)28(37-35(43)47-16-27-25-13-9-7-11-23(25)24-12-8-10-14-26(24)27)17-46-34-30(36-19(2)38)32(49-22(5)41)31(48-21(4)40)29(50-34)18-45-20(3)39/h6-14,27-32,34H,1,15-18H2,2-5H3,(H,36,38)(H,37,43)/t28?,29?,30?,31-,32-,34-/m1/s1. The van der Waals surface area contributed by atoms with E-state index in [1.54, 1.807) is 0 Å². The van der Waals surface area contributed by atoms with E-state index in [2.05, 4.69) is 17.2 Å². The number of ether oxygens (including phenoxy) is 7. The molecule has 3 unspecified atom stereocenters. The lowest BCUT2D eigenvalue weighted by atomic mass is 9.96. The lowest BCUT2D eigenvalue weighted by Crippen LogP contribution is -2.67. The number of hydrogen-bond donors (Lipinski definition) is 2. The summed E-state index contributed by atoms with van der Waals surface area (Å²) >= 11 is 0. The molecule has 1 aliphatic carbocycles. The molecule has 0 bridgehead atoms. The Bertz CT molecular complexity index is 1550. The summed E-state index contributed by atoms with van der Waals surface area (Å²) in [5.41, 5.74) is 4.05. The van der Waals surface area contributed by atoms with Crippen LogP contribution in [0.5, 0.6) is 0 Å². The maximum atomic E-state index is 13.1. The fraction of sp³-hybridized carbons (Fsp3) is 0.429. The average molecular weight is 697 g/mol. The molecule has 0 spiro atoms. The lowest BCUT2D eigenvalue weighted by Gasteiger charge is -2.45. The van der Waals surface area contributed by atoms with Crippen LogP contribution in [0.4, 0.5) is 4.79 Å². The molecule has 1 heterocycles. The quantitative estimate of drug-likeness (QED) is 0.166. The molecule has 50 heavy (non-hydrogen) atoms. The maximum absolute atomic E-state index is 13.1. The molecule has 2 aromatic carbocycles. The van der Waals surface area contributed by atoms with Crippen LogP contribution in [0.15, 0.2) is 61.2 Å². The van der Waals surface area contributed by atoms with Gasteiger partial charge >= 0.3 is 30.0 Å². The van der Waals surface area contributed by atoms with Crippen LogP contribution in [0.2, 0.25) is 0 Å². The number of benzene rings is 2. The van der Waals surface area contributed by atoms with Gasteiger partial charge in [0.25, 0.3) is 0 Å². The van der Waals surface area contributed by atoms with Crippen molar-refractivity contribution in [2.75, 3.05) is 26.4 Å². The topological polar surface area (TPSA) is 191 Å². The molecule has 2 aromatic rings. The van der Waals surface area contributed by atoms with Gasteiger partial charge in [0.15, 0.2) is 24.5 Å². The number of rotatable bonds is 14. The Morgan fingerprint density at radius 1 is 0.800 bits per heavy atom. The first-order valence-electron chi connectivity index (χ1n) is 15.8. The molecule has 268 valence electrons. The first kappa shape index (κ1) is 37.5. The largest absolute Gasteiger partial charge is 0.463 e. The van der Waals surface area contributed by atoms with Crippen molar-refractivity contribution in [2.45, 2.75) is 70.3 Å². The van der Waals surface area contributed by atoms with Crippen molar-refractivity contribution in [3.63, 3.8) is 0 Å². The highest BCUT2D eigenvalue weighted by molar-refractivity contribution is 5.82. The van der Waals surface area contributed by atoms with Gasteiger partial charge in [0.05, 0.1) is 6.61 Å². The highest BCUT2D eigenvalue weighted by Crippen LogP contribution is 2.44. The Balaban J connectivity index is 1.53. The van der Waals surface area contributed by atoms with E-state index in [0.29, 0.717) is 0 Å². The molecule has 2 aliphatic rings. The van der Waals surface area contributed by atoms with Gasteiger partial charge in [-0.1, -0.05) is 61.2 Å². The predicted octanol–water partition coefficient (Wildman–Crippen LogP) is 2.30. The Morgan fingerprint density at radius 2 is 1.40 bits per heavy atom. The summed E-state index contributed by atoms with van der Waals surface area (Å²) in [6.45, 7) is 6.80. The fourth-order valence-electron chi connectivity index (χ4n) is 5.82. The molecule has 15 heteroatoms. The van der Waals surface area contributed by atoms with E-state index in [0.717, 1.165) is 43.0 Å². The van der Waals surface area contributed by atoms with E-state index < -0.39 is 85.8 Å². The molecule has 2 amide bonds. The SMILES string of the molecule is C=CCOC(=O)C(CO[C@@H]1OC(COC(C)=O)[C@@H](OC(C)=O)[C@H](OC(C)=O)C1NC(C)=O)NC(=O)OCC1c2ccccc2-c2ccccc21. The van der Waals surface area contributed by atoms with Crippen molar-refractivity contribution in [2.24, 2.45) is 0 Å². The number of amides is 2. The van der Waals surface area contributed by atoms with Crippen molar-refractivity contribution in [3.05, 3.63) is 72.3 Å². The monoisotopic (exact) mass is 696 g/mol. The van der Waals surface area contributed by atoms with E-state index in [9.17, 15) is 28.8 Å². The number of nitrogens with one attached hydrogen (secondary N) is 2. The van der Waals surface area contributed by atoms with Crippen LogP contribution in [0.25, 0.3) is 11.1 Å². The van der Waals surface area contributed by atoms with Gasteiger partial charge < -0.3 is 43.8 Å². The molecule has 1 fully saturated rings. The van der Waals surface area contributed by atoms with E-state index in [1.807, 2.05) is 48.5 Å². The van der Waals surface area contributed by atoms with Gasteiger partial charge in [-0.25, -0.2) is 9.59 Å². The predicted molar refractivity (Wildman–Crippen MR) is 173 cm³/mol. The molecule has 0 saturated carbocycles. The second kappa shape index (κ2) is 17.4. The minimum Gasteiger partial charge on any atom is -0.463 e. The van der Waals surface area contributed by atoms with Gasteiger partial charge in [-0.2, -0.15) is 0 Å². The summed E-state index contributed by atoms with van der Waals surface area (Å²) < 4.78 is 38.6. The van der Waals surface area contributed by atoms with Gasteiger partial charge in [0.1, 0.15) is 32.0 Å². The summed E-state index contributed by atoms with van der Waals surface area (Å²) in [7, 11) is 0. The first-order chi connectivity index (χ1) is 23.9. The normalized spacial score (nSPS) is 21.3. The summed E-state index contributed by atoms with van der Waals surface area (Å²) in [6, 6.07) is 12.8. The Morgan fingerprint density at radius 3 is 1.96 bits per heavy atom. The zero-order valence-electron chi connectivity index (χ0n) is 28.1. The van der Waals surface area contributed by atoms with E-state index in [1.165, 1.54) is 13.0 Å². The second-order valence-corrected chi connectivity index (χ2v) is 11.5. The van der Waals surface area contributed by atoms with Gasteiger partial charge in [-0.15, -0.1) is 0 Å². The van der Waals surface area contributed by atoms with Crippen LogP contribution in [0, 0.1) is 0 Å². The molecule has 1 aliphatic heterocycles. The van der Waals surface area contributed by atoms with Crippen molar-refractivity contribution in [1.29, 1.82) is 0 Å². The Hall–Kier alpha value is -5.28. The van der Waals surface area contributed by atoms with Crippen LogP contribution >= 0.6 is 0 Å². The highest BCUT2D eigenvalue weighted by Gasteiger charge is 2.51. The molecule has 4 rings (SSSR count). The molecule has 2 N–H and O–H groups in total. The summed E-state index contributed by atoms with van der Waals surface area (Å²) in [6.07, 6.45) is -5.09. The number of esters is 4. The summed E-state index contributed by atoms with van der Waals surface area (Å²) in [4.78, 5) is 74.3. The van der Waals surface area contributed by atoms with Gasteiger partial charge in [-0.3, -0.25) is 19.2 Å². The molecule has 6 atom stereocenters. The smallest absolute Gasteiger partial charge is 0.407 e. The van der Waals surface area contributed by atoms with Crippen molar-refractivity contribution in [1.82, 2.24) is 10.6 Å². The second-order valence-electron chi connectivity index (χ2n) is 11.5. The van der Waals surface area contributed by atoms with Crippen LogP contribution < -0.4 is 10.6 Å². The lowest BCUT2D eigenvalue weighted by molar-refractivity contribution is -0.278. The van der Waals surface area contributed by atoms with Crippen LogP contribution in [0.1, 0.15) is 44.7 Å². The molecule has 15 nitrogen and oxygen atoms in total. The van der Waals surface area contributed by atoms with Gasteiger partial charge in [0.2, 0.25) is 5.91 Å². The third-order valence-corrected chi connectivity index (χ3v) is 7.76. The minimum absolute atomic E-state index is 0.0368. The average Bonchev–Trinajstić information content (AvgIpc) is 3.38. The summed E-state index contributed by atoms with van der Waals surface area (Å²) in [5, 5.41) is 5.03. The van der Waals surface area contributed by atoms with Crippen LogP contribution in [0.3, 0.4) is 0 Å².